The summed E-state index contributed by atoms with van der Waals surface area (Å²) in [5.41, 5.74) is 2.04. The van der Waals surface area contributed by atoms with Crippen LogP contribution in [0.5, 0.6) is 0 Å². The molecule has 0 radical (unpaired) electrons. The van der Waals surface area contributed by atoms with E-state index in [1.165, 1.54) is 0 Å². The Balaban J connectivity index is 1.59. The van der Waals surface area contributed by atoms with Gasteiger partial charge in [-0.15, -0.1) is 11.3 Å². The molecule has 1 aliphatic heterocycles. The van der Waals surface area contributed by atoms with Gasteiger partial charge in [-0.25, -0.2) is 9.97 Å². The minimum absolute atomic E-state index is 0.0710. The Morgan fingerprint density at radius 2 is 2.09 bits per heavy atom. The summed E-state index contributed by atoms with van der Waals surface area (Å²) in [7, 11) is 0. The first kappa shape index (κ1) is 16.2. The molecule has 1 aliphatic rings. The van der Waals surface area contributed by atoms with E-state index in [9.17, 15) is 4.79 Å². The smallest absolute Gasteiger partial charge is 0.253 e. The van der Waals surface area contributed by atoms with Gasteiger partial charge < -0.3 is 4.90 Å². The van der Waals surface area contributed by atoms with E-state index in [2.05, 4.69) is 34.1 Å². The van der Waals surface area contributed by atoms with Crippen molar-refractivity contribution in [2.24, 2.45) is 5.92 Å². The molecule has 6 heteroatoms. The maximum absolute atomic E-state index is 12.2. The predicted molar refractivity (Wildman–Crippen MR) is 94.4 cm³/mol. The molecule has 0 amide bonds. The number of thiazole rings is 1. The summed E-state index contributed by atoms with van der Waals surface area (Å²) in [5, 5.41) is 3.23. The first-order valence-electron chi connectivity index (χ1n) is 8.26. The molecule has 23 heavy (non-hydrogen) atoms. The Labute approximate surface area is 141 Å². The lowest BCUT2D eigenvalue weighted by atomic mass is 9.97. The molecule has 0 unspecified atom stereocenters. The van der Waals surface area contributed by atoms with Crippen LogP contribution < -0.4 is 10.5 Å². The summed E-state index contributed by atoms with van der Waals surface area (Å²) in [6.07, 6.45) is 3.90. The molecule has 1 fully saturated rings. The van der Waals surface area contributed by atoms with Crippen LogP contribution in [-0.2, 0) is 6.54 Å². The van der Waals surface area contributed by atoms with Crippen LogP contribution in [0.2, 0.25) is 0 Å². The first-order chi connectivity index (χ1) is 11.0. The second-order valence-corrected chi connectivity index (χ2v) is 7.50. The minimum atomic E-state index is 0.0710. The molecule has 0 aliphatic carbocycles. The second kappa shape index (κ2) is 6.83. The van der Waals surface area contributed by atoms with Crippen molar-refractivity contribution in [1.29, 1.82) is 0 Å². The van der Waals surface area contributed by atoms with Crippen molar-refractivity contribution < 1.29 is 0 Å². The zero-order chi connectivity index (χ0) is 16.4. The van der Waals surface area contributed by atoms with Gasteiger partial charge in [0, 0.05) is 31.1 Å². The quantitative estimate of drug-likeness (QED) is 0.863. The molecule has 3 rings (SSSR count). The van der Waals surface area contributed by atoms with Crippen LogP contribution in [0.15, 0.2) is 22.6 Å². The van der Waals surface area contributed by atoms with Crippen molar-refractivity contribution in [3.63, 3.8) is 0 Å². The van der Waals surface area contributed by atoms with Gasteiger partial charge in [-0.3, -0.25) is 9.36 Å². The Hall–Kier alpha value is -1.69. The summed E-state index contributed by atoms with van der Waals surface area (Å²) in [6, 6.07) is 1.68. The van der Waals surface area contributed by atoms with Gasteiger partial charge >= 0.3 is 0 Å². The monoisotopic (exact) mass is 332 g/mol. The zero-order valence-corrected chi connectivity index (χ0v) is 14.8. The maximum atomic E-state index is 12.2. The summed E-state index contributed by atoms with van der Waals surface area (Å²) in [6.45, 7) is 8.96. The number of aryl methyl sites for hydroxylation is 1. The Morgan fingerprint density at radius 1 is 1.35 bits per heavy atom. The van der Waals surface area contributed by atoms with Crippen molar-refractivity contribution in [2.75, 3.05) is 18.0 Å². The van der Waals surface area contributed by atoms with E-state index in [4.69, 9.17) is 0 Å². The maximum Gasteiger partial charge on any atom is 0.253 e. The van der Waals surface area contributed by atoms with Crippen molar-refractivity contribution in [3.8, 4) is 0 Å². The van der Waals surface area contributed by atoms with Crippen molar-refractivity contribution in [1.82, 2.24) is 14.5 Å². The van der Waals surface area contributed by atoms with Crippen LogP contribution in [0.1, 0.15) is 44.0 Å². The van der Waals surface area contributed by atoms with Gasteiger partial charge in [-0.05, 0) is 31.6 Å². The van der Waals surface area contributed by atoms with Crippen LogP contribution in [0.4, 0.5) is 5.13 Å². The fraction of sp³-hybridized carbons (Fsp3) is 0.588. The number of hydrogen-bond acceptors (Lipinski definition) is 5. The average molecular weight is 332 g/mol. The van der Waals surface area contributed by atoms with Crippen LogP contribution >= 0.6 is 11.3 Å². The average Bonchev–Trinajstić information content (AvgIpc) is 2.96. The van der Waals surface area contributed by atoms with Crippen molar-refractivity contribution >= 4 is 16.5 Å². The summed E-state index contributed by atoms with van der Waals surface area (Å²) >= 11 is 1.72. The molecular weight excluding hydrogens is 308 g/mol. The van der Waals surface area contributed by atoms with E-state index < -0.39 is 0 Å². The highest BCUT2D eigenvalue weighted by atomic mass is 32.1. The number of nitrogens with zero attached hydrogens (tertiary/aromatic N) is 4. The molecule has 5 nitrogen and oxygen atoms in total. The highest BCUT2D eigenvalue weighted by molar-refractivity contribution is 7.13. The third kappa shape index (κ3) is 3.80. The Bertz CT molecular complexity index is 713. The van der Waals surface area contributed by atoms with Gasteiger partial charge in [0.1, 0.15) is 0 Å². The number of aromatic nitrogens is 3. The van der Waals surface area contributed by atoms with Gasteiger partial charge in [0.05, 0.1) is 17.7 Å². The SMILES string of the molecule is Cc1csc(N2CCC(Cn3cnc(C(C)C)cc3=O)CC2)n1. The highest BCUT2D eigenvalue weighted by Gasteiger charge is 2.21. The highest BCUT2D eigenvalue weighted by Crippen LogP contribution is 2.26. The summed E-state index contributed by atoms with van der Waals surface area (Å²) in [4.78, 5) is 23.5. The number of rotatable bonds is 4. The van der Waals surface area contributed by atoms with Gasteiger partial charge in [0.25, 0.3) is 5.56 Å². The first-order valence-corrected chi connectivity index (χ1v) is 9.14. The third-order valence-electron chi connectivity index (χ3n) is 4.44. The van der Waals surface area contributed by atoms with E-state index >= 15 is 0 Å². The lowest BCUT2D eigenvalue weighted by molar-refractivity contribution is 0.350. The van der Waals surface area contributed by atoms with Crippen LogP contribution in [0, 0.1) is 12.8 Å². The third-order valence-corrected chi connectivity index (χ3v) is 5.46. The van der Waals surface area contributed by atoms with Gasteiger partial charge in [-0.1, -0.05) is 13.8 Å². The molecule has 2 aromatic heterocycles. The summed E-state index contributed by atoms with van der Waals surface area (Å²) < 4.78 is 1.76. The minimum Gasteiger partial charge on any atom is -0.348 e. The number of anilines is 1. The molecule has 0 aromatic carbocycles. The molecule has 1 saturated heterocycles. The standard InChI is InChI=1S/C17H24N4OS/c1-12(2)15-8-16(22)21(11-18-15)9-14-4-6-20(7-5-14)17-19-13(3)10-23-17/h8,10-12,14H,4-7,9H2,1-3H3. The molecule has 0 atom stereocenters. The second-order valence-electron chi connectivity index (χ2n) is 6.66. The van der Waals surface area contributed by atoms with Gasteiger partial charge in [0.2, 0.25) is 0 Å². The molecule has 3 heterocycles. The lowest BCUT2D eigenvalue weighted by Crippen LogP contribution is -2.36. The lowest BCUT2D eigenvalue weighted by Gasteiger charge is -2.31. The molecule has 0 saturated carbocycles. The zero-order valence-electron chi connectivity index (χ0n) is 14.0. The molecule has 0 bridgehead atoms. The van der Waals surface area contributed by atoms with E-state index in [0.29, 0.717) is 11.8 Å². The van der Waals surface area contributed by atoms with Crippen LogP contribution in [0.25, 0.3) is 0 Å². The van der Waals surface area contributed by atoms with Crippen LogP contribution in [-0.4, -0.2) is 27.6 Å². The topological polar surface area (TPSA) is 51.0 Å². The predicted octanol–water partition coefficient (Wildman–Crippen LogP) is 3.05. The molecule has 124 valence electrons. The Kier molecular flexibility index (Phi) is 4.80. The molecule has 0 spiro atoms. The van der Waals surface area contributed by atoms with Crippen LogP contribution in [0.3, 0.4) is 0 Å². The molecular formula is C17H24N4OS. The Morgan fingerprint density at radius 3 is 2.65 bits per heavy atom. The van der Waals surface area contributed by atoms with E-state index in [0.717, 1.165) is 49.0 Å². The van der Waals surface area contributed by atoms with E-state index in [1.54, 1.807) is 28.3 Å². The fourth-order valence-electron chi connectivity index (χ4n) is 2.96. The molecule has 0 N–H and O–H groups in total. The number of hydrogen-bond donors (Lipinski definition) is 0. The number of piperidine rings is 1. The van der Waals surface area contributed by atoms with Gasteiger partial charge in [0.15, 0.2) is 5.13 Å². The molecule has 2 aromatic rings. The van der Waals surface area contributed by atoms with Gasteiger partial charge in [-0.2, -0.15) is 0 Å². The fourth-order valence-corrected chi connectivity index (χ4v) is 3.82. The van der Waals surface area contributed by atoms with E-state index in [-0.39, 0.29) is 5.56 Å². The van der Waals surface area contributed by atoms with Crippen molar-refractivity contribution in [3.05, 3.63) is 39.5 Å². The largest absolute Gasteiger partial charge is 0.348 e. The summed E-state index contributed by atoms with van der Waals surface area (Å²) in [5.74, 6) is 0.832. The normalized spacial score (nSPS) is 16.3. The van der Waals surface area contributed by atoms with E-state index in [1.807, 2.05) is 6.92 Å². The van der Waals surface area contributed by atoms with Crippen molar-refractivity contribution in [2.45, 2.75) is 46.1 Å².